The van der Waals surface area contributed by atoms with Crippen molar-refractivity contribution in [1.82, 2.24) is 5.01 Å². The third kappa shape index (κ3) is 2.61. The lowest BCUT2D eigenvalue weighted by Gasteiger charge is -2.44. The number of rotatable bonds is 2. The lowest BCUT2D eigenvalue weighted by molar-refractivity contribution is -0.161. The highest BCUT2D eigenvalue weighted by Crippen LogP contribution is 2.54. The molecule has 0 fully saturated rings. The van der Waals surface area contributed by atoms with Crippen LogP contribution >= 0.6 is 15.9 Å². The molecule has 5 nitrogen and oxygen atoms in total. The second-order valence-corrected chi connectivity index (χ2v) is 9.01. The molecule has 3 aliphatic heterocycles. The number of ether oxygens (including phenoxy) is 1. The number of halogens is 1. The van der Waals surface area contributed by atoms with E-state index in [1.165, 1.54) is 0 Å². The first-order valence-corrected chi connectivity index (χ1v) is 11.2. The molecule has 1 spiro atoms. The summed E-state index contributed by atoms with van der Waals surface area (Å²) in [7, 11) is 0. The van der Waals surface area contributed by atoms with Crippen LogP contribution in [0.3, 0.4) is 0 Å². The van der Waals surface area contributed by atoms with Crippen molar-refractivity contribution in [3.05, 3.63) is 93.5 Å². The molecule has 3 aromatic carbocycles. The summed E-state index contributed by atoms with van der Waals surface area (Å²) >= 11 is 3.50. The molecule has 2 atom stereocenters. The van der Waals surface area contributed by atoms with Crippen LogP contribution in [0.2, 0.25) is 0 Å². The van der Waals surface area contributed by atoms with Gasteiger partial charge in [0.2, 0.25) is 0 Å². The molecule has 3 aromatic rings. The molecule has 3 heterocycles. The van der Waals surface area contributed by atoms with Gasteiger partial charge < -0.3 is 10.1 Å². The predicted molar refractivity (Wildman–Crippen MR) is 123 cm³/mol. The van der Waals surface area contributed by atoms with E-state index in [9.17, 15) is 4.79 Å². The number of hydrogen-bond donors (Lipinski definition) is 1. The summed E-state index contributed by atoms with van der Waals surface area (Å²) in [5.41, 5.74) is 4.51. The van der Waals surface area contributed by atoms with Crippen LogP contribution in [0.15, 0.2) is 76.3 Å². The molecule has 6 heteroatoms. The maximum atomic E-state index is 13.5. The van der Waals surface area contributed by atoms with Gasteiger partial charge in [-0.25, -0.2) is 5.01 Å². The quantitative estimate of drug-likeness (QED) is 0.544. The van der Waals surface area contributed by atoms with Crippen molar-refractivity contribution in [2.24, 2.45) is 5.10 Å². The van der Waals surface area contributed by atoms with Crippen molar-refractivity contribution in [2.75, 3.05) is 5.32 Å². The largest absolute Gasteiger partial charge is 0.453 e. The Morgan fingerprint density at radius 1 is 1.16 bits per heavy atom. The fourth-order valence-electron chi connectivity index (χ4n) is 4.77. The molecule has 0 aromatic heterocycles. The van der Waals surface area contributed by atoms with Gasteiger partial charge in [-0.2, -0.15) is 5.10 Å². The summed E-state index contributed by atoms with van der Waals surface area (Å²) in [5.74, 6) is 0.539. The third-order valence-electron chi connectivity index (χ3n) is 6.36. The van der Waals surface area contributed by atoms with E-state index >= 15 is 0 Å². The van der Waals surface area contributed by atoms with Crippen LogP contribution in [0.25, 0.3) is 0 Å². The lowest BCUT2D eigenvalue weighted by Crippen LogP contribution is -2.55. The smallest absolute Gasteiger partial charge is 0.306 e. The van der Waals surface area contributed by atoms with E-state index in [2.05, 4.69) is 52.4 Å². The van der Waals surface area contributed by atoms with Gasteiger partial charge in [0.05, 0.1) is 23.0 Å². The van der Waals surface area contributed by atoms with Crippen LogP contribution < -0.4 is 10.1 Å². The molecule has 3 aliphatic rings. The summed E-state index contributed by atoms with van der Waals surface area (Å²) in [5, 5.41) is 9.91. The van der Waals surface area contributed by atoms with Crippen LogP contribution in [0.5, 0.6) is 5.75 Å². The highest BCUT2D eigenvalue weighted by Gasteiger charge is 2.60. The molecule has 6 rings (SSSR count). The Balaban J connectivity index is 1.56. The number of anilines is 1. The van der Waals surface area contributed by atoms with Crippen molar-refractivity contribution < 1.29 is 9.53 Å². The number of carbonyl (C=O) groups excluding carboxylic acids is 1. The summed E-state index contributed by atoms with van der Waals surface area (Å²) in [6, 6.07) is 22.1. The number of aryl methyl sites for hydroxylation is 1. The average Bonchev–Trinajstić information content (AvgIpc) is 3.35. The molecule has 0 saturated heterocycles. The zero-order chi connectivity index (χ0) is 21.2. The highest BCUT2D eigenvalue weighted by molar-refractivity contribution is 9.10. The summed E-state index contributed by atoms with van der Waals surface area (Å²) < 4.78 is 7.56. The van der Waals surface area contributed by atoms with Gasteiger partial charge in [-0.15, -0.1) is 0 Å². The van der Waals surface area contributed by atoms with E-state index in [1.807, 2.05) is 47.5 Å². The van der Waals surface area contributed by atoms with Gasteiger partial charge in [-0.1, -0.05) is 59.3 Å². The molecule has 0 bridgehead atoms. The number of benzene rings is 3. The van der Waals surface area contributed by atoms with Crippen molar-refractivity contribution in [2.45, 2.75) is 31.5 Å². The van der Waals surface area contributed by atoms with Crippen molar-refractivity contribution in [3.63, 3.8) is 0 Å². The molecule has 31 heavy (non-hydrogen) atoms. The SMILES string of the molecule is CCc1ccc2c(c1)[C@@]1(Oc3ccccc3[C@@H]3CC(c4ccc(Br)cc4)=NN31)C(=O)N2. The van der Waals surface area contributed by atoms with Gasteiger partial charge in [0.1, 0.15) is 5.75 Å². The van der Waals surface area contributed by atoms with Gasteiger partial charge in [-0.05, 0) is 47.9 Å². The van der Waals surface area contributed by atoms with Crippen molar-refractivity contribution in [1.29, 1.82) is 0 Å². The van der Waals surface area contributed by atoms with E-state index < -0.39 is 5.72 Å². The fraction of sp³-hybridized carbons (Fsp3) is 0.200. The Kier molecular flexibility index (Phi) is 4.02. The van der Waals surface area contributed by atoms with Crippen LogP contribution in [0.1, 0.15) is 41.6 Å². The molecule has 0 aliphatic carbocycles. The van der Waals surface area contributed by atoms with E-state index in [0.29, 0.717) is 6.42 Å². The topological polar surface area (TPSA) is 53.9 Å². The lowest BCUT2D eigenvalue weighted by atomic mass is 9.91. The van der Waals surface area contributed by atoms with Crippen LogP contribution in [-0.2, 0) is 16.9 Å². The Hall–Kier alpha value is -3.12. The molecule has 0 saturated carbocycles. The third-order valence-corrected chi connectivity index (χ3v) is 6.89. The number of amides is 1. The van der Waals surface area contributed by atoms with E-state index in [-0.39, 0.29) is 11.9 Å². The van der Waals surface area contributed by atoms with E-state index in [0.717, 1.165) is 50.3 Å². The average molecular weight is 474 g/mol. The fourth-order valence-corrected chi connectivity index (χ4v) is 5.04. The minimum absolute atomic E-state index is 0.0782. The normalized spacial score (nSPS) is 23.0. The number of carbonyl (C=O) groups is 1. The summed E-state index contributed by atoms with van der Waals surface area (Å²) in [6.07, 6.45) is 1.59. The van der Waals surface area contributed by atoms with Crippen molar-refractivity contribution >= 4 is 33.2 Å². The Morgan fingerprint density at radius 2 is 1.97 bits per heavy atom. The van der Waals surface area contributed by atoms with Crippen LogP contribution in [0, 0.1) is 0 Å². The molecule has 1 amide bonds. The maximum Gasteiger partial charge on any atom is 0.306 e. The number of hydrazone groups is 1. The minimum atomic E-state index is -1.31. The standard InChI is InChI=1S/C25H20BrN3O2/c1-2-15-7-12-20-19(13-15)25(24(30)27-20)29-22(18-5-3-4-6-23(18)31-25)14-21(28-29)16-8-10-17(26)11-9-16/h3-13,22H,2,14H2,1H3,(H,27,30)/t22-,25+/m0/s1. The number of nitrogens with zero attached hydrogens (tertiary/aromatic N) is 2. The number of nitrogens with one attached hydrogen (secondary N) is 1. The Bertz CT molecular complexity index is 1250. The minimum Gasteiger partial charge on any atom is -0.453 e. The zero-order valence-electron chi connectivity index (χ0n) is 16.9. The molecular weight excluding hydrogens is 454 g/mol. The zero-order valence-corrected chi connectivity index (χ0v) is 18.5. The van der Waals surface area contributed by atoms with Gasteiger partial charge in [0, 0.05) is 16.5 Å². The second kappa shape index (κ2) is 6.69. The van der Waals surface area contributed by atoms with E-state index in [4.69, 9.17) is 9.84 Å². The first-order valence-electron chi connectivity index (χ1n) is 10.5. The predicted octanol–water partition coefficient (Wildman–Crippen LogP) is 5.36. The summed E-state index contributed by atoms with van der Waals surface area (Å²) in [6.45, 7) is 2.11. The van der Waals surface area contributed by atoms with Gasteiger partial charge in [0.25, 0.3) is 5.91 Å². The van der Waals surface area contributed by atoms with Crippen LogP contribution in [0.4, 0.5) is 5.69 Å². The Morgan fingerprint density at radius 3 is 2.77 bits per heavy atom. The molecular formula is C25H20BrN3O2. The number of hydrogen-bond acceptors (Lipinski definition) is 4. The maximum absolute atomic E-state index is 13.5. The highest BCUT2D eigenvalue weighted by atomic mass is 79.9. The first-order chi connectivity index (χ1) is 15.1. The first kappa shape index (κ1) is 18.6. The molecule has 0 unspecified atom stereocenters. The number of fused-ring (bicyclic) bond motifs is 6. The second-order valence-electron chi connectivity index (χ2n) is 8.09. The molecule has 0 radical (unpaired) electrons. The Labute approximate surface area is 188 Å². The van der Waals surface area contributed by atoms with Gasteiger partial charge in [-0.3, -0.25) is 4.79 Å². The van der Waals surface area contributed by atoms with Crippen LogP contribution in [-0.4, -0.2) is 16.6 Å². The molecule has 154 valence electrons. The van der Waals surface area contributed by atoms with Gasteiger partial charge >= 0.3 is 5.72 Å². The monoisotopic (exact) mass is 473 g/mol. The summed E-state index contributed by atoms with van der Waals surface area (Å²) in [4.78, 5) is 13.5. The molecule has 1 N–H and O–H groups in total. The number of para-hydroxylation sites is 1. The van der Waals surface area contributed by atoms with Crippen molar-refractivity contribution in [3.8, 4) is 5.75 Å². The van der Waals surface area contributed by atoms with E-state index in [1.54, 1.807) is 0 Å². The van der Waals surface area contributed by atoms with Gasteiger partial charge in [0.15, 0.2) is 0 Å².